The highest BCUT2D eigenvalue weighted by Gasteiger charge is 2.08. The fourth-order valence-electron chi connectivity index (χ4n) is 1.65. The molecule has 0 bridgehead atoms. The van der Waals surface area contributed by atoms with E-state index >= 15 is 0 Å². The van der Waals surface area contributed by atoms with Gasteiger partial charge in [-0.1, -0.05) is 0 Å². The second-order valence-corrected chi connectivity index (χ2v) is 3.95. The molecule has 0 amide bonds. The Hall–Kier alpha value is -1.91. The Bertz CT molecular complexity index is 418. The van der Waals surface area contributed by atoms with Crippen LogP contribution < -0.4 is 14.8 Å². The number of hydrogen-bond acceptors (Lipinski definition) is 4. The first kappa shape index (κ1) is 14.2. The molecule has 0 aliphatic heterocycles. The summed E-state index contributed by atoms with van der Waals surface area (Å²) in [5.74, 6) is 0.713. The van der Waals surface area contributed by atoms with E-state index in [1.807, 2.05) is 19.1 Å². The van der Waals surface area contributed by atoms with E-state index in [0.29, 0.717) is 13.0 Å². The van der Waals surface area contributed by atoms with Crippen LogP contribution in [0.15, 0.2) is 12.1 Å². The van der Waals surface area contributed by atoms with Crippen LogP contribution >= 0.6 is 0 Å². The van der Waals surface area contributed by atoms with Crippen LogP contribution in [0.1, 0.15) is 18.4 Å². The third-order valence-electron chi connectivity index (χ3n) is 2.60. The van der Waals surface area contributed by atoms with E-state index < -0.39 is 5.97 Å². The first-order valence-corrected chi connectivity index (χ1v) is 5.76. The molecule has 0 radical (unpaired) electrons. The molecule has 100 valence electrons. The second kappa shape index (κ2) is 6.74. The van der Waals surface area contributed by atoms with E-state index in [1.165, 1.54) is 0 Å². The van der Waals surface area contributed by atoms with Gasteiger partial charge in [0.1, 0.15) is 11.5 Å². The molecule has 0 fully saturated rings. The van der Waals surface area contributed by atoms with Crippen LogP contribution in [-0.4, -0.2) is 31.8 Å². The molecule has 18 heavy (non-hydrogen) atoms. The Morgan fingerprint density at radius 1 is 1.28 bits per heavy atom. The van der Waals surface area contributed by atoms with Gasteiger partial charge in [0.15, 0.2) is 0 Å². The smallest absolute Gasteiger partial charge is 0.303 e. The van der Waals surface area contributed by atoms with E-state index in [-0.39, 0.29) is 6.42 Å². The first-order chi connectivity index (χ1) is 8.58. The number of methoxy groups -OCH3 is 2. The summed E-state index contributed by atoms with van der Waals surface area (Å²) in [6.45, 7) is 2.52. The van der Waals surface area contributed by atoms with Crippen molar-refractivity contribution < 1.29 is 19.4 Å². The average Bonchev–Trinajstić information content (AvgIpc) is 2.35. The van der Waals surface area contributed by atoms with Crippen molar-refractivity contribution in [3.05, 3.63) is 17.7 Å². The van der Waals surface area contributed by atoms with Gasteiger partial charge in [-0.2, -0.15) is 0 Å². The summed E-state index contributed by atoms with van der Waals surface area (Å²) in [5.41, 5.74) is 1.80. The lowest BCUT2D eigenvalue weighted by Gasteiger charge is -2.14. The van der Waals surface area contributed by atoms with Gasteiger partial charge in [0.25, 0.3) is 0 Å². The summed E-state index contributed by atoms with van der Waals surface area (Å²) in [6.07, 6.45) is 0.715. The van der Waals surface area contributed by atoms with Crippen LogP contribution in [0.5, 0.6) is 11.5 Å². The van der Waals surface area contributed by atoms with Gasteiger partial charge < -0.3 is 19.9 Å². The van der Waals surface area contributed by atoms with Crippen molar-refractivity contribution in [2.24, 2.45) is 0 Å². The average molecular weight is 253 g/mol. The van der Waals surface area contributed by atoms with Gasteiger partial charge in [-0.15, -0.1) is 0 Å². The lowest BCUT2D eigenvalue weighted by Crippen LogP contribution is -2.06. The lowest BCUT2D eigenvalue weighted by molar-refractivity contribution is -0.137. The minimum atomic E-state index is -0.787. The van der Waals surface area contributed by atoms with E-state index in [0.717, 1.165) is 22.7 Å². The molecule has 5 nitrogen and oxygen atoms in total. The molecule has 2 N–H and O–H groups in total. The summed E-state index contributed by atoms with van der Waals surface area (Å²) >= 11 is 0. The van der Waals surface area contributed by atoms with E-state index in [2.05, 4.69) is 5.32 Å². The fraction of sp³-hybridized carbons (Fsp3) is 0.462. The Morgan fingerprint density at radius 2 is 1.94 bits per heavy atom. The molecule has 1 aromatic rings. The zero-order valence-electron chi connectivity index (χ0n) is 10.9. The predicted octanol–water partition coefficient (Wildman–Crippen LogP) is 2.29. The SMILES string of the molecule is COc1cc(NCCCC(=O)O)c(OC)cc1C. The Balaban J connectivity index is 2.70. The molecule has 0 aromatic heterocycles. The quantitative estimate of drug-likeness (QED) is 0.730. The summed E-state index contributed by atoms with van der Waals surface area (Å²) in [6, 6.07) is 3.74. The highest BCUT2D eigenvalue weighted by Crippen LogP contribution is 2.32. The zero-order chi connectivity index (χ0) is 13.5. The van der Waals surface area contributed by atoms with Gasteiger partial charge in [-0.3, -0.25) is 4.79 Å². The maximum absolute atomic E-state index is 10.4. The molecule has 0 unspecified atom stereocenters. The van der Waals surface area contributed by atoms with Crippen molar-refractivity contribution in [1.29, 1.82) is 0 Å². The van der Waals surface area contributed by atoms with Crippen molar-refractivity contribution in [1.82, 2.24) is 0 Å². The van der Waals surface area contributed by atoms with Crippen molar-refractivity contribution in [2.45, 2.75) is 19.8 Å². The molecule has 0 aliphatic carbocycles. The monoisotopic (exact) mass is 253 g/mol. The topological polar surface area (TPSA) is 67.8 Å². The number of carboxylic acids is 1. The number of ether oxygens (including phenoxy) is 2. The molecule has 1 rings (SSSR count). The third kappa shape index (κ3) is 3.84. The van der Waals surface area contributed by atoms with E-state index in [9.17, 15) is 4.79 Å². The number of rotatable bonds is 7. The second-order valence-electron chi connectivity index (χ2n) is 3.95. The minimum Gasteiger partial charge on any atom is -0.496 e. The standard InChI is InChI=1S/C13H19NO4/c1-9-7-12(18-3)10(8-11(9)17-2)14-6-4-5-13(15)16/h7-8,14H,4-6H2,1-3H3,(H,15,16). The molecule has 0 saturated carbocycles. The number of anilines is 1. The van der Waals surface area contributed by atoms with Gasteiger partial charge in [-0.25, -0.2) is 0 Å². The normalized spacial score (nSPS) is 9.94. The Labute approximate surface area is 107 Å². The van der Waals surface area contributed by atoms with E-state index in [1.54, 1.807) is 14.2 Å². The maximum atomic E-state index is 10.4. The van der Waals surface area contributed by atoms with Gasteiger partial charge in [0.2, 0.25) is 0 Å². The first-order valence-electron chi connectivity index (χ1n) is 5.76. The van der Waals surface area contributed by atoms with Crippen molar-refractivity contribution in [2.75, 3.05) is 26.1 Å². The highest BCUT2D eigenvalue weighted by molar-refractivity contribution is 5.67. The minimum absolute atomic E-state index is 0.151. The number of aryl methyl sites for hydroxylation is 1. The number of hydrogen-bond donors (Lipinski definition) is 2. The third-order valence-corrected chi connectivity index (χ3v) is 2.60. The number of carbonyl (C=O) groups is 1. The van der Waals surface area contributed by atoms with Crippen LogP contribution in [0.4, 0.5) is 5.69 Å². The van der Waals surface area contributed by atoms with Crippen molar-refractivity contribution in [3.8, 4) is 11.5 Å². The molecule has 0 saturated heterocycles. The fourth-order valence-corrected chi connectivity index (χ4v) is 1.65. The van der Waals surface area contributed by atoms with Gasteiger partial charge in [-0.05, 0) is 25.0 Å². The van der Waals surface area contributed by atoms with Crippen molar-refractivity contribution >= 4 is 11.7 Å². The van der Waals surface area contributed by atoms with Crippen LogP contribution in [-0.2, 0) is 4.79 Å². The zero-order valence-corrected chi connectivity index (χ0v) is 10.9. The largest absolute Gasteiger partial charge is 0.496 e. The van der Waals surface area contributed by atoms with Crippen molar-refractivity contribution in [3.63, 3.8) is 0 Å². The number of nitrogens with one attached hydrogen (secondary N) is 1. The van der Waals surface area contributed by atoms with Crippen LogP contribution in [0.3, 0.4) is 0 Å². The van der Waals surface area contributed by atoms with Crippen LogP contribution in [0, 0.1) is 6.92 Å². The van der Waals surface area contributed by atoms with E-state index in [4.69, 9.17) is 14.6 Å². The molecule has 0 atom stereocenters. The van der Waals surface area contributed by atoms with Crippen LogP contribution in [0.25, 0.3) is 0 Å². The highest BCUT2D eigenvalue weighted by atomic mass is 16.5. The number of carboxylic acid groups (broad SMARTS) is 1. The summed E-state index contributed by atoms with van der Waals surface area (Å²) in [4.78, 5) is 10.4. The molecular weight excluding hydrogens is 234 g/mol. The van der Waals surface area contributed by atoms with Gasteiger partial charge in [0, 0.05) is 19.0 Å². The van der Waals surface area contributed by atoms with Crippen LogP contribution in [0.2, 0.25) is 0 Å². The molecule has 0 spiro atoms. The Morgan fingerprint density at radius 3 is 2.50 bits per heavy atom. The molecule has 0 aliphatic rings. The number of aliphatic carboxylic acids is 1. The lowest BCUT2D eigenvalue weighted by atomic mass is 10.1. The predicted molar refractivity (Wildman–Crippen MR) is 69.6 cm³/mol. The molecule has 1 aromatic carbocycles. The number of benzene rings is 1. The molecule has 5 heteroatoms. The summed E-state index contributed by atoms with van der Waals surface area (Å²) in [7, 11) is 3.21. The van der Waals surface area contributed by atoms with Gasteiger partial charge >= 0.3 is 5.97 Å². The molecule has 0 heterocycles. The maximum Gasteiger partial charge on any atom is 0.303 e. The molecular formula is C13H19NO4. The summed E-state index contributed by atoms with van der Waals surface area (Å²) in [5, 5.41) is 11.7. The van der Waals surface area contributed by atoms with Gasteiger partial charge in [0.05, 0.1) is 19.9 Å². The Kier molecular flexibility index (Phi) is 5.30. The summed E-state index contributed by atoms with van der Waals surface area (Å²) < 4.78 is 10.5.